The Morgan fingerprint density at radius 3 is 2.61 bits per heavy atom. The van der Waals surface area contributed by atoms with Gasteiger partial charge in [-0.3, -0.25) is 4.79 Å². The van der Waals surface area contributed by atoms with Gasteiger partial charge >= 0.3 is 0 Å². The topological polar surface area (TPSA) is 32.3 Å². The molecule has 100 valence electrons. The molecule has 5 heteroatoms. The van der Waals surface area contributed by atoms with Crippen molar-refractivity contribution in [1.82, 2.24) is 10.2 Å². The predicted molar refractivity (Wildman–Crippen MR) is 78.8 cm³/mol. The summed E-state index contributed by atoms with van der Waals surface area (Å²) in [7, 11) is 0. The number of hydrogen-bond donors (Lipinski definition) is 1. The number of halogens is 1. The van der Waals surface area contributed by atoms with Crippen LogP contribution in [-0.4, -0.2) is 30.4 Å². The molecule has 0 radical (unpaired) electrons. The Kier molecular flexibility index (Phi) is 5.66. The first kappa shape index (κ1) is 14.0. The van der Waals surface area contributed by atoms with Crippen molar-refractivity contribution in [3.05, 3.63) is 20.8 Å². The number of hydrogen-bond acceptors (Lipinski definition) is 3. The number of carbonyl (C=O) groups excluding carboxylic acids is 1. The van der Waals surface area contributed by atoms with Crippen LogP contribution in [0, 0.1) is 0 Å². The summed E-state index contributed by atoms with van der Waals surface area (Å²) in [4.78, 5) is 15.3. The van der Waals surface area contributed by atoms with Crippen molar-refractivity contribution in [2.24, 2.45) is 0 Å². The third-order valence-electron chi connectivity index (χ3n) is 3.16. The lowest BCUT2D eigenvalue weighted by Gasteiger charge is -2.20. The molecule has 3 nitrogen and oxygen atoms in total. The highest BCUT2D eigenvalue weighted by Gasteiger charge is 2.14. The molecule has 0 aliphatic carbocycles. The number of thiophene rings is 1. The van der Waals surface area contributed by atoms with Crippen LogP contribution in [0.5, 0.6) is 0 Å². The van der Waals surface area contributed by atoms with Gasteiger partial charge in [0.05, 0.1) is 10.3 Å². The minimum Gasteiger partial charge on any atom is -0.342 e. The molecular formula is C13H19BrN2OS. The zero-order chi connectivity index (χ0) is 12.8. The van der Waals surface area contributed by atoms with E-state index < -0.39 is 0 Å². The summed E-state index contributed by atoms with van der Waals surface area (Å²) < 4.78 is 1.14. The van der Waals surface area contributed by atoms with Gasteiger partial charge in [-0.2, -0.15) is 0 Å². The lowest BCUT2D eigenvalue weighted by Crippen LogP contribution is -2.38. The molecule has 1 aromatic rings. The van der Waals surface area contributed by atoms with Crippen LogP contribution in [0.3, 0.4) is 0 Å². The minimum atomic E-state index is 0.243. The average molecular weight is 331 g/mol. The number of amides is 1. The number of rotatable bonds is 4. The summed E-state index contributed by atoms with van der Waals surface area (Å²) in [6.07, 6.45) is 4.84. The summed E-state index contributed by atoms with van der Waals surface area (Å²) in [6, 6.07) is 4.12. The molecule has 0 spiro atoms. The van der Waals surface area contributed by atoms with Crippen LogP contribution in [0.2, 0.25) is 0 Å². The summed E-state index contributed by atoms with van der Waals surface area (Å²) in [6.45, 7) is 3.10. The van der Waals surface area contributed by atoms with E-state index in [1.54, 1.807) is 11.3 Å². The molecule has 2 rings (SSSR count). The van der Waals surface area contributed by atoms with Crippen molar-refractivity contribution < 1.29 is 4.79 Å². The summed E-state index contributed by atoms with van der Waals surface area (Å²) in [5.41, 5.74) is 0. The van der Waals surface area contributed by atoms with E-state index >= 15 is 0 Å². The number of carbonyl (C=O) groups is 1. The maximum absolute atomic E-state index is 12.0. The van der Waals surface area contributed by atoms with E-state index in [4.69, 9.17) is 0 Å². The fraction of sp³-hybridized carbons (Fsp3) is 0.615. The van der Waals surface area contributed by atoms with Gasteiger partial charge in [-0.15, -0.1) is 11.3 Å². The zero-order valence-corrected chi connectivity index (χ0v) is 12.9. The highest BCUT2D eigenvalue weighted by molar-refractivity contribution is 9.11. The third-order valence-corrected chi connectivity index (χ3v) is 4.79. The molecule has 1 N–H and O–H groups in total. The Hall–Kier alpha value is -0.390. The predicted octanol–water partition coefficient (Wildman–Crippen LogP) is 3.00. The Labute approximate surface area is 121 Å². The van der Waals surface area contributed by atoms with E-state index in [2.05, 4.69) is 27.3 Å². The molecule has 0 atom stereocenters. The standard InChI is InChI=1S/C13H19BrN2OS/c14-12-6-5-11(18-12)9-15-10-13(17)16-7-3-1-2-4-8-16/h5-6,15H,1-4,7-10H2. The van der Waals surface area contributed by atoms with E-state index in [9.17, 15) is 4.79 Å². The van der Waals surface area contributed by atoms with E-state index in [-0.39, 0.29) is 5.91 Å². The highest BCUT2D eigenvalue weighted by atomic mass is 79.9. The van der Waals surface area contributed by atoms with Crippen LogP contribution in [0.25, 0.3) is 0 Å². The molecule has 1 fully saturated rings. The second-order valence-electron chi connectivity index (χ2n) is 4.60. The maximum Gasteiger partial charge on any atom is 0.236 e. The van der Waals surface area contributed by atoms with Gasteiger partial charge in [0, 0.05) is 24.5 Å². The monoisotopic (exact) mass is 330 g/mol. The van der Waals surface area contributed by atoms with E-state index in [1.807, 2.05) is 11.0 Å². The van der Waals surface area contributed by atoms with Gasteiger partial charge in [-0.1, -0.05) is 12.8 Å². The molecule has 1 amide bonds. The molecule has 0 unspecified atom stereocenters. The average Bonchev–Trinajstić information content (AvgIpc) is 2.63. The van der Waals surface area contributed by atoms with Gasteiger partial charge in [0.25, 0.3) is 0 Å². The SMILES string of the molecule is O=C(CNCc1ccc(Br)s1)N1CCCCCC1. The van der Waals surface area contributed by atoms with Gasteiger partial charge in [-0.25, -0.2) is 0 Å². The van der Waals surface area contributed by atoms with E-state index in [0.29, 0.717) is 6.54 Å². The maximum atomic E-state index is 12.0. The highest BCUT2D eigenvalue weighted by Crippen LogP contribution is 2.21. The van der Waals surface area contributed by atoms with Gasteiger partial charge in [0.15, 0.2) is 0 Å². The fourth-order valence-corrected chi connectivity index (χ4v) is 3.62. The van der Waals surface area contributed by atoms with Crippen LogP contribution in [-0.2, 0) is 11.3 Å². The van der Waals surface area contributed by atoms with Crippen LogP contribution < -0.4 is 5.32 Å². The number of likely N-dealkylation sites (tertiary alicyclic amines) is 1. The molecular weight excluding hydrogens is 312 g/mol. The summed E-state index contributed by atoms with van der Waals surface area (Å²) in [5.74, 6) is 0.243. The Bertz CT molecular complexity index is 386. The van der Waals surface area contributed by atoms with Crippen molar-refractivity contribution in [3.8, 4) is 0 Å². The van der Waals surface area contributed by atoms with Crippen LogP contribution in [0.1, 0.15) is 30.6 Å². The van der Waals surface area contributed by atoms with Crippen molar-refractivity contribution in [1.29, 1.82) is 0 Å². The van der Waals surface area contributed by atoms with Crippen molar-refractivity contribution >= 4 is 33.2 Å². The lowest BCUT2D eigenvalue weighted by atomic mass is 10.2. The lowest BCUT2D eigenvalue weighted by molar-refractivity contribution is -0.130. The minimum absolute atomic E-state index is 0.243. The van der Waals surface area contributed by atoms with Gasteiger partial charge in [0.2, 0.25) is 5.91 Å². The van der Waals surface area contributed by atoms with E-state index in [1.165, 1.54) is 17.7 Å². The molecule has 1 saturated heterocycles. The van der Waals surface area contributed by atoms with Gasteiger partial charge < -0.3 is 10.2 Å². The van der Waals surface area contributed by atoms with Crippen LogP contribution >= 0.6 is 27.3 Å². The van der Waals surface area contributed by atoms with Crippen LogP contribution in [0.15, 0.2) is 15.9 Å². The molecule has 1 aromatic heterocycles. The largest absolute Gasteiger partial charge is 0.342 e. The molecule has 1 aliphatic heterocycles. The molecule has 0 bridgehead atoms. The second kappa shape index (κ2) is 7.26. The quantitative estimate of drug-likeness (QED) is 0.920. The Balaban J connectivity index is 1.70. The normalized spacial score (nSPS) is 16.6. The Morgan fingerprint density at radius 1 is 1.28 bits per heavy atom. The van der Waals surface area contributed by atoms with Crippen molar-refractivity contribution in [2.45, 2.75) is 32.2 Å². The Morgan fingerprint density at radius 2 is 2.00 bits per heavy atom. The van der Waals surface area contributed by atoms with Gasteiger partial charge in [-0.05, 0) is 40.9 Å². The van der Waals surface area contributed by atoms with Crippen molar-refractivity contribution in [2.75, 3.05) is 19.6 Å². The molecule has 2 heterocycles. The summed E-state index contributed by atoms with van der Waals surface area (Å²) in [5, 5.41) is 3.23. The number of nitrogens with one attached hydrogen (secondary N) is 1. The fourth-order valence-electron chi connectivity index (χ4n) is 2.17. The van der Waals surface area contributed by atoms with E-state index in [0.717, 1.165) is 36.3 Å². The molecule has 0 saturated carbocycles. The van der Waals surface area contributed by atoms with Crippen molar-refractivity contribution in [3.63, 3.8) is 0 Å². The van der Waals surface area contributed by atoms with Crippen LogP contribution in [0.4, 0.5) is 0 Å². The first-order valence-electron chi connectivity index (χ1n) is 6.48. The molecule has 0 aromatic carbocycles. The first-order valence-corrected chi connectivity index (χ1v) is 8.09. The molecule has 18 heavy (non-hydrogen) atoms. The zero-order valence-electron chi connectivity index (χ0n) is 10.5. The third kappa shape index (κ3) is 4.37. The number of nitrogens with zero attached hydrogens (tertiary/aromatic N) is 1. The van der Waals surface area contributed by atoms with Gasteiger partial charge in [0.1, 0.15) is 0 Å². The first-order chi connectivity index (χ1) is 8.75. The molecule has 1 aliphatic rings. The smallest absolute Gasteiger partial charge is 0.236 e. The summed E-state index contributed by atoms with van der Waals surface area (Å²) >= 11 is 5.15. The second-order valence-corrected chi connectivity index (χ2v) is 7.15.